The number of ether oxygens (including phenoxy) is 1. The monoisotopic (exact) mass is 361 g/mol. The zero-order valence-electron chi connectivity index (χ0n) is 15.9. The van der Waals surface area contributed by atoms with Crippen LogP contribution in [0.1, 0.15) is 43.5 Å². The van der Waals surface area contributed by atoms with Gasteiger partial charge < -0.3 is 15.4 Å². The molecule has 0 aromatic heterocycles. The molecule has 1 aromatic rings. The minimum Gasteiger partial charge on any atom is -0.379 e. The largest absolute Gasteiger partial charge is 0.379 e. The molecule has 1 unspecified atom stereocenters. The lowest BCUT2D eigenvalue weighted by Gasteiger charge is -2.43. The van der Waals surface area contributed by atoms with Crippen LogP contribution < -0.4 is 10.6 Å². The molecule has 1 heterocycles. The van der Waals surface area contributed by atoms with Crippen LogP contribution in [0.25, 0.3) is 0 Å². The lowest BCUT2D eigenvalue weighted by Crippen LogP contribution is -2.56. The van der Waals surface area contributed by atoms with Crippen LogP contribution in [0, 0.1) is 0 Å². The second kappa shape index (κ2) is 10.3. The molecule has 1 atom stereocenters. The van der Waals surface area contributed by atoms with Gasteiger partial charge in [-0.25, -0.2) is 0 Å². The third kappa shape index (κ3) is 6.11. The highest BCUT2D eigenvalue weighted by molar-refractivity contribution is 5.94. The quantitative estimate of drug-likeness (QED) is 0.658. The second-order valence-corrected chi connectivity index (χ2v) is 6.95. The third-order valence-electron chi connectivity index (χ3n) is 5.10. The zero-order chi connectivity index (χ0) is 18.8. The Hall–Kier alpha value is -1.92. The van der Waals surface area contributed by atoms with E-state index in [1.54, 1.807) is 12.1 Å². The summed E-state index contributed by atoms with van der Waals surface area (Å²) in [5.74, 6) is -0.0659. The number of hydrogen-bond donors (Lipinski definition) is 2. The summed E-state index contributed by atoms with van der Waals surface area (Å²) >= 11 is 0. The summed E-state index contributed by atoms with van der Waals surface area (Å²) in [6.07, 6.45) is 2.02. The van der Waals surface area contributed by atoms with E-state index in [0.717, 1.165) is 32.7 Å². The molecule has 1 saturated heterocycles. The fraction of sp³-hybridized carbons (Fsp3) is 0.600. The van der Waals surface area contributed by atoms with E-state index in [0.29, 0.717) is 31.5 Å². The van der Waals surface area contributed by atoms with Crippen molar-refractivity contribution in [2.24, 2.45) is 0 Å². The first-order chi connectivity index (χ1) is 12.5. The first-order valence-electron chi connectivity index (χ1n) is 9.48. The summed E-state index contributed by atoms with van der Waals surface area (Å²) < 4.78 is 5.42. The van der Waals surface area contributed by atoms with Crippen LogP contribution in [0.15, 0.2) is 30.3 Å². The van der Waals surface area contributed by atoms with Gasteiger partial charge in [-0.05, 0) is 31.9 Å². The number of amides is 2. The summed E-state index contributed by atoms with van der Waals surface area (Å²) in [6.45, 7) is 8.81. The van der Waals surface area contributed by atoms with Crippen molar-refractivity contribution >= 4 is 11.8 Å². The molecule has 0 radical (unpaired) electrons. The van der Waals surface area contributed by atoms with Crippen molar-refractivity contribution in [2.75, 3.05) is 39.4 Å². The van der Waals surface area contributed by atoms with Crippen molar-refractivity contribution in [1.29, 1.82) is 0 Å². The second-order valence-electron chi connectivity index (χ2n) is 6.95. The molecule has 1 aliphatic rings. The molecule has 2 rings (SSSR count). The first kappa shape index (κ1) is 20.4. The molecule has 26 heavy (non-hydrogen) atoms. The fourth-order valence-corrected chi connectivity index (χ4v) is 3.08. The number of hydrogen-bond acceptors (Lipinski definition) is 4. The number of nitrogens with one attached hydrogen (secondary N) is 2. The maximum Gasteiger partial charge on any atom is 0.251 e. The molecule has 6 nitrogen and oxygen atoms in total. The van der Waals surface area contributed by atoms with Crippen molar-refractivity contribution in [1.82, 2.24) is 15.5 Å². The van der Waals surface area contributed by atoms with Gasteiger partial charge in [-0.1, -0.05) is 25.1 Å². The minimum absolute atomic E-state index is 0.0342. The van der Waals surface area contributed by atoms with E-state index < -0.39 is 0 Å². The Morgan fingerprint density at radius 1 is 1.15 bits per heavy atom. The summed E-state index contributed by atoms with van der Waals surface area (Å²) in [4.78, 5) is 26.5. The van der Waals surface area contributed by atoms with E-state index in [1.165, 1.54) is 0 Å². The van der Waals surface area contributed by atoms with Gasteiger partial charge in [0.1, 0.15) is 0 Å². The number of carbonyl (C=O) groups is 2. The molecule has 0 bridgehead atoms. The SMILES string of the molecule is CCC(C)(CNC(=O)CCCNC(=O)c1ccccc1)N1CCOCC1. The Morgan fingerprint density at radius 2 is 1.85 bits per heavy atom. The number of nitrogens with zero attached hydrogens (tertiary/aromatic N) is 1. The van der Waals surface area contributed by atoms with Crippen LogP contribution >= 0.6 is 0 Å². The summed E-state index contributed by atoms with van der Waals surface area (Å²) in [5, 5.41) is 5.91. The maximum absolute atomic E-state index is 12.1. The van der Waals surface area contributed by atoms with Crippen molar-refractivity contribution in [3.63, 3.8) is 0 Å². The summed E-state index contributed by atoms with van der Waals surface area (Å²) in [6, 6.07) is 9.10. The summed E-state index contributed by atoms with van der Waals surface area (Å²) in [7, 11) is 0. The molecular weight excluding hydrogens is 330 g/mol. The maximum atomic E-state index is 12.1. The zero-order valence-corrected chi connectivity index (χ0v) is 15.9. The van der Waals surface area contributed by atoms with E-state index in [1.807, 2.05) is 18.2 Å². The number of rotatable bonds is 9. The van der Waals surface area contributed by atoms with Gasteiger partial charge in [-0.15, -0.1) is 0 Å². The van der Waals surface area contributed by atoms with E-state index in [9.17, 15) is 9.59 Å². The molecule has 0 spiro atoms. The van der Waals surface area contributed by atoms with E-state index in [-0.39, 0.29) is 17.4 Å². The molecule has 1 aromatic carbocycles. The number of morpholine rings is 1. The van der Waals surface area contributed by atoms with Crippen LogP contribution in [0.2, 0.25) is 0 Å². The summed E-state index contributed by atoms with van der Waals surface area (Å²) in [5.41, 5.74) is 0.599. The van der Waals surface area contributed by atoms with E-state index in [4.69, 9.17) is 4.74 Å². The molecule has 1 fully saturated rings. The lowest BCUT2D eigenvalue weighted by molar-refractivity contribution is -0.122. The van der Waals surface area contributed by atoms with Gasteiger partial charge in [-0.2, -0.15) is 0 Å². The van der Waals surface area contributed by atoms with Crippen LogP contribution in [0.3, 0.4) is 0 Å². The molecule has 0 aliphatic carbocycles. The predicted molar refractivity (Wildman–Crippen MR) is 102 cm³/mol. The van der Waals surface area contributed by atoms with Crippen molar-refractivity contribution < 1.29 is 14.3 Å². The van der Waals surface area contributed by atoms with E-state index >= 15 is 0 Å². The Morgan fingerprint density at radius 3 is 2.50 bits per heavy atom. The average molecular weight is 361 g/mol. The third-order valence-corrected chi connectivity index (χ3v) is 5.10. The van der Waals surface area contributed by atoms with Gasteiger partial charge in [-0.3, -0.25) is 14.5 Å². The molecule has 2 amide bonds. The molecular formula is C20H31N3O3. The van der Waals surface area contributed by atoms with Crippen molar-refractivity contribution in [3.8, 4) is 0 Å². The topological polar surface area (TPSA) is 70.7 Å². The normalized spacial score (nSPS) is 17.3. The van der Waals surface area contributed by atoms with Gasteiger partial charge in [0, 0.05) is 43.7 Å². The van der Waals surface area contributed by atoms with Crippen LogP contribution in [-0.4, -0.2) is 61.6 Å². The number of carbonyl (C=O) groups excluding carboxylic acids is 2. The van der Waals surface area contributed by atoms with Gasteiger partial charge in [0.25, 0.3) is 5.91 Å². The Bertz CT molecular complexity index is 573. The smallest absolute Gasteiger partial charge is 0.251 e. The van der Waals surface area contributed by atoms with Gasteiger partial charge in [0.2, 0.25) is 5.91 Å². The highest BCUT2D eigenvalue weighted by Crippen LogP contribution is 2.20. The Labute approximate surface area is 156 Å². The highest BCUT2D eigenvalue weighted by Gasteiger charge is 2.31. The molecule has 0 saturated carbocycles. The van der Waals surface area contributed by atoms with Crippen LogP contribution in [0.5, 0.6) is 0 Å². The van der Waals surface area contributed by atoms with Gasteiger partial charge in [0.15, 0.2) is 0 Å². The Kier molecular flexibility index (Phi) is 8.06. The van der Waals surface area contributed by atoms with Crippen LogP contribution in [-0.2, 0) is 9.53 Å². The molecule has 144 valence electrons. The molecule has 6 heteroatoms. The van der Waals surface area contributed by atoms with Crippen LogP contribution in [0.4, 0.5) is 0 Å². The predicted octanol–water partition coefficient (Wildman–Crippen LogP) is 1.81. The lowest BCUT2D eigenvalue weighted by atomic mass is 9.95. The minimum atomic E-state index is -0.100. The van der Waals surface area contributed by atoms with Crippen molar-refractivity contribution in [3.05, 3.63) is 35.9 Å². The fourth-order valence-electron chi connectivity index (χ4n) is 3.08. The van der Waals surface area contributed by atoms with Gasteiger partial charge in [0.05, 0.1) is 13.2 Å². The Balaban J connectivity index is 1.65. The standard InChI is InChI=1S/C20H31N3O3/c1-3-20(2,23-12-14-26-15-13-23)16-22-18(24)10-7-11-21-19(25)17-8-5-4-6-9-17/h4-6,8-9H,3,7,10-16H2,1-2H3,(H,21,25)(H,22,24). The average Bonchev–Trinajstić information content (AvgIpc) is 2.70. The van der Waals surface area contributed by atoms with E-state index in [2.05, 4.69) is 29.4 Å². The highest BCUT2D eigenvalue weighted by atomic mass is 16.5. The van der Waals surface area contributed by atoms with Gasteiger partial charge >= 0.3 is 0 Å². The molecule has 2 N–H and O–H groups in total. The number of benzene rings is 1. The molecule has 1 aliphatic heterocycles. The van der Waals surface area contributed by atoms with Crippen molar-refractivity contribution in [2.45, 2.75) is 38.6 Å². The first-order valence-corrected chi connectivity index (χ1v) is 9.48.